The van der Waals surface area contributed by atoms with Crippen LogP contribution in [-0.2, 0) is 28.3 Å². The number of ketones is 1. The molecular weight excluding hydrogens is 330 g/mol. The normalized spacial score (nSPS) is 12.0. The predicted molar refractivity (Wildman–Crippen MR) is 92.4 cm³/mol. The zero-order chi connectivity index (χ0) is 18.2. The molecule has 2 N–H and O–H groups in total. The van der Waals surface area contributed by atoms with Crippen LogP contribution in [-0.4, -0.2) is 48.8 Å². The first-order valence-electron chi connectivity index (χ1n) is 7.38. The van der Waals surface area contributed by atoms with Gasteiger partial charge in [-0.25, -0.2) is 12.7 Å². The molecule has 7 nitrogen and oxygen atoms in total. The van der Waals surface area contributed by atoms with Crippen molar-refractivity contribution in [2.45, 2.75) is 13.3 Å². The fourth-order valence-electron chi connectivity index (χ4n) is 2.61. The number of carbonyl (C=O) groups excluding carboxylic acids is 2. The number of aromatic nitrogens is 1. The number of rotatable bonds is 6. The van der Waals surface area contributed by atoms with E-state index in [1.807, 2.05) is 16.7 Å². The summed E-state index contributed by atoms with van der Waals surface area (Å²) in [6.07, 6.45) is 0.314. The van der Waals surface area contributed by atoms with E-state index in [2.05, 4.69) is 0 Å². The molecule has 2 aromatic rings. The topological polar surface area (TPSA) is 102 Å². The number of nitrogens with zero attached hydrogens (tertiary/aromatic N) is 2. The summed E-state index contributed by atoms with van der Waals surface area (Å²) in [5.41, 5.74) is 7.63. The zero-order valence-corrected chi connectivity index (χ0v) is 15.0. The molecule has 2 rings (SSSR count). The number of primary amides is 1. The number of hydrogen-bond acceptors (Lipinski definition) is 4. The molecule has 0 atom stereocenters. The fourth-order valence-corrected chi connectivity index (χ4v) is 3.47. The second-order valence-electron chi connectivity index (χ2n) is 5.91. The van der Waals surface area contributed by atoms with E-state index < -0.39 is 21.7 Å². The molecule has 0 spiro atoms. The highest BCUT2D eigenvalue weighted by Gasteiger charge is 2.22. The molecule has 1 aromatic carbocycles. The summed E-state index contributed by atoms with van der Waals surface area (Å²) in [4.78, 5) is 23.4. The van der Waals surface area contributed by atoms with Crippen molar-refractivity contribution in [2.75, 3.05) is 19.8 Å². The summed E-state index contributed by atoms with van der Waals surface area (Å²) in [5.74, 6) is -1.78. The molecule has 0 aliphatic carbocycles. The quantitative estimate of drug-likeness (QED) is 0.608. The lowest BCUT2D eigenvalue weighted by molar-refractivity contribution is -0.114. The van der Waals surface area contributed by atoms with E-state index in [9.17, 15) is 18.0 Å². The Morgan fingerprint density at radius 2 is 1.88 bits per heavy atom. The Labute approximate surface area is 141 Å². The molecule has 24 heavy (non-hydrogen) atoms. The Morgan fingerprint density at radius 3 is 2.42 bits per heavy atom. The second-order valence-corrected chi connectivity index (χ2v) is 8.22. The van der Waals surface area contributed by atoms with Crippen LogP contribution in [0.3, 0.4) is 0 Å². The van der Waals surface area contributed by atoms with Crippen molar-refractivity contribution < 1.29 is 18.0 Å². The van der Waals surface area contributed by atoms with Gasteiger partial charge in [-0.15, -0.1) is 0 Å². The first kappa shape index (κ1) is 18.2. The Balaban J connectivity index is 2.49. The lowest BCUT2D eigenvalue weighted by atomic mass is 10.0. The summed E-state index contributed by atoms with van der Waals surface area (Å²) in [7, 11) is 1.47. The monoisotopic (exact) mass is 351 g/mol. The van der Waals surface area contributed by atoms with Crippen LogP contribution >= 0.6 is 0 Å². The molecule has 1 heterocycles. The summed E-state index contributed by atoms with van der Waals surface area (Å²) in [5, 5.41) is 0.610. The van der Waals surface area contributed by atoms with Crippen molar-refractivity contribution in [3.05, 3.63) is 35.0 Å². The van der Waals surface area contributed by atoms with Crippen LogP contribution in [0, 0.1) is 6.92 Å². The number of hydrogen-bond donors (Lipinski definition) is 1. The van der Waals surface area contributed by atoms with Crippen molar-refractivity contribution in [1.82, 2.24) is 8.87 Å². The van der Waals surface area contributed by atoms with Crippen molar-refractivity contribution in [2.24, 2.45) is 12.8 Å². The van der Waals surface area contributed by atoms with Gasteiger partial charge in [-0.1, -0.05) is 6.07 Å². The highest BCUT2D eigenvalue weighted by molar-refractivity contribution is 7.89. The summed E-state index contributed by atoms with van der Waals surface area (Å²) in [6, 6.07) is 5.40. The Kier molecular flexibility index (Phi) is 4.82. The van der Waals surface area contributed by atoms with Gasteiger partial charge in [0.25, 0.3) is 11.7 Å². The van der Waals surface area contributed by atoms with Crippen molar-refractivity contribution >= 4 is 32.6 Å². The van der Waals surface area contributed by atoms with Gasteiger partial charge < -0.3 is 10.3 Å². The number of sulfonamides is 1. The number of nitrogens with two attached hydrogens (primary N) is 1. The van der Waals surface area contributed by atoms with Gasteiger partial charge in [-0.2, -0.15) is 0 Å². The van der Waals surface area contributed by atoms with Crippen LogP contribution in [0.1, 0.15) is 21.6 Å². The van der Waals surface area contributed by atoms with E-state index in [-0.39, 0.29) is 11.3 Å². The lowest BCUT2D eigenvalue weighted by Crippen LogP contribution is -2.26. The number of amides is 1. The average molecular weight is 351 g/mol. The van der Waals surface area contributed by atoms with Crippen LogP contribution in [0.5, 0.6) is 0 Å². The zero-order valence-electron chi connectivity index (χ0n) is 14.2. The number of benzene rings is 1. The minimum atomic E-state index is -3.31. The minimum Gasteiger partial charge on any atom is -0.363 e. The third kappa shape index (κ3) is 3.20. The SMILES string of the molecule is Cc1c(C(=O)C(N)=O)c2cc(CCS(=O)(=O)N(C)C)ccc2n1C. The maximum absolute atomic E-state index is 12.1. The molecule has 130 valence electrons. The number of carbonyl (C=O) groups is 2. The van der Waals surface area contributed by atoms with Gasteiger partial charge in [0.2, 0.25) is 10.0 Å². The van der Waals surface area contributed by atoms with Crippen LogP contribution < -0.4 is 5.73 Å². The summed E-state index contributed by atoms with van der Waals surface area (Å²) >= 11 is 0. The molecule has 0 bridgehead atoms. The number of fused-ring (bicyclic) bond motifs is 1. The lowest BCUT2D eigenvalue weighted by Gasteiger charge is -2.11. The van der Waals surface area contributed by atoms with Crippen molar-refractivity contribution in [3.8, 4) is 0 Å². The smallest absolute Gasteiger partial charge is 0.289 e. The standard InChI is InChI=1S/C16H21N3O4S/c1-10-14(15(20)16(17)21)12-9-11(5-6-13(12)19(10)4)7-8-24(22,23)18(2)3/h5-6,9H,7-8H2,1-4H3,(H2,17,21). The van der Waals surface area contributed by atoms with E-state index in [0.29, 0.717) is 17.5 Å². The van der Waals surface area contributed by atoms with Crippen LogP contribution in [0.25, 0.3) is 10.9 Å². The Bertz CT molecular complexity index is 926. The van der Waals surface area contributed by atoms with Gasteiger partial charge in [0.15, 0.2) is 0 Å². The van der Waals surface area contributed by atoms with Gasteiger partial charge in [0, 0.05) is 37.7 Å². The molecule has 8 heteroatoms. The third-order valence-corrected chi connectivity index (χ3v) is 6.05. The maximum Gasteiger partial charge on any atom is 0.289 e. The van der Waals surface area contributed by atoms with E-state index in [0.717, 1.165) is 11.1 Å². The summed E-state index contributed by atoms with van der Waals surface area (Å²) < 4.78 is 26.8. The molecule has 0 fully saturated rings. The maximum atomic E-state index is 12.1. The van der Waals surface area contributed by atoms with Crippen LogP contribution in [0.2, 0.25) is 0 Å². The Hall–Kier alpha value is -2.19. The largest absolute Gasteiger partial charge is 0.363 e. The van der Waals surface area contributed by atoms with Crippen LogP contribution in [0.4, 0.5) is 0 Å². The second kappa shape index (κ2) is 6.37. The van der Waals surface area contributed by atoms with E-state index in [1.54, 1.807) is 20.0 Å². The first-order valence-corrected chi connectivity index (χ1v) is 8.99. The minimum absolute atomic E-state index is 0.0313. The highest BCUT2D eigenvalue weighted by Crippen LogP contribution is 2.27. The Morgan fingerprint density at radius 1 is 1.25 bits per heavy atom. The van der Waals surface area contributed by atoms with Crippen molar-refractivity contribution in [1.29, 1.82) is 0 Å². The molecule has 0 aliphatic heterocycles. The molecule has 1 aromatic heterocycles. The van der Waals surface area contributed by atoms with Crippen molar-refractivity contribution in [3.63, 3.8) is 0 Å². The van der Waals surface area contributed by atoms with Gasteiger partial charge in [-0.3, -0.25) is 9.59 Å². The fraction of sp³-hybridized carbons (Fsp3) is 0.375. The molecule has 0 saturated heterocycles. The van der Waals surface area contributed by atoms with E-state index in [4.69, 9.17) is 5.73 Å². The molecule has 1 amide bonds. The summed E-state index contributed by atoms with van der Waals surface area (Å²) in [6.45, 7) is 1.74. The van der Waals surface area contributed by atoms with Gasteiger partial charge in [0.05, 0.1) is 11.3 Å². The van der Waals surface area contributed by atoms with Gasteiger partial charge in [0.1, 0.15) is 0 Å². The highest BCUT2D eigenvalue weighted by atomic mass is 32.2. The van der Waals surface area contributed by atoms with Crippen LogP contribution in [0.15, 0.2) is 18.2 Å². The van der Waals surface area contributed by atoms with Gasteiger partial charge >= 0.3 is 0 Å². The number of aryl methyl sites for hydroxylation is 2. The van der Waals surface area contributed by atoms with Gasteiger partial charge in [-0.05, 0) is 31.0 Å². The molecular formula is C16H21N3O4S. The average Bonchev–Trinajstić information content (AvgIpc) is 2.75. The molecule has 0 aliphatic rings. The molecule has 0 radical (unpaired) electrons. The predicted octanol–water partition coefficient (Wildman–Crippen LogP) is 0.589. The molecule has 0 saturated carbocycles. The van der Waals surface area contributed by atoms with E-state index in [1.165, 1.54) is 18.4 Å². The van der Waals surface area contributed by atoms with E-state index >= 15 is 0 Å². The third-order valence-electron chi connectivity index (χ3n) is 4.21. The number of Topliss-reactive ketones (excluding diaryl/α,β-unsaturated/α-hetero) is 1. The molecule has 0 unspecified atom stereocenters. The first-order chi connectivity index (χ1) is 11.1.